The Balaban J connectivity index is 2.04. The molecule has 1 aromatic rings. The summed E-state index contributed by atoms with van der Waals surface area (Å²) in [4.78, 5) is 12.3. The Hall–Kier alpha value is -0.680. The molecule has 0 aromatic heterocycles. The van der Waals surface area contributed by atoms with Crippen LogP contribution >= 0.6 is 27.7 Å². The van der Waals surface area contributed by atoms with Crippen molar-refractivity contribution in [2.24, 2.45) is 0 Å². The van der Waals surface area contributed by atoms with Gasteiger partial charge in [-0.15, -0.1) is 0 Å². The Bertz CT molecular complexity index is 447. The minimum atomic E-state index is -0.0263. The molecule has 0 bridgehead atoms. The largest absolute Gasteiger partial charge is 0.399 e. The zero-order chi connectivity index (χ0) is 13.8. The quantitative estimate of drug-likeness (QED) is 0.824. The Morgan fingerprint density at radius 1 is 1.47 bits per heavy atom. The van der Waals surface area contributed by atoms with E-state index in [1.165, 1.54) is 12.8 Å². The maximum Gasteiger partial charge on any atom is 0.251 e. The van der Waals surface area contributed by atoms with Crippen LogP contribution in [0.25, 0.3) is 0 Å². The summed E-state index contributed by atoms with van der Waals surface area (Å²) in [6.07, 6.45) is 3.47. The van der Waals surface area contributed by atoms with Gasteiger partial charge in [0.05, 0.1) is 0 Å². The summed E-state index contributed by atoms with van der Waals surface area (Å²) in [6.45, 7) is 2.16. The first-order chi connectivity index (χ1) is 9.10. The van der Waals surface area contributed by atoms with Crippen molar-refractivity contribution in [1.82, 2.24) is 5.32 Å². The fourth-order valence-electron chi connectivity index (χ4n) is 2.50. The number of carbonyl (C=O) groups is 1. The van der Waals surface area contributed by atoms with Gasteiger partial charge in [0.15, 0.2) is 0 Å². The average molecular weight is 343 g/mol. The lowest BCUT2D eigenvalue weighted by atomic mass is 10.1. The number of nitrogens with one attached hydrogen (secondary N) is 1. The summed E-state index contributed by atoms with van der Waals surface area (Å²) in [5, 5.41) is 3.70. The summed E-state index contributed by atoms with van der Waals surface area (Å²) in [6, 6.07) is 5.61. The van der Waals surface area contributed by atoms with Crippen molar-refractivity contribution in [3.63, 3.8) is 0 Å². The summed E-state index contributed by atoms with van der Waals surface area (Å²) < 4.78 is 0.837. The number of rotatable bonds is 4. The molecule has 0 spiro atoms. The van der Waals surface area contributed by atoms with Gasteiger partial charge in [-0.25, -0.2) is 0 Å². The molecule has 0 radical (unpaired) electrons. The fraction of sp³-hybridized carbons (Fsp3) is 0.500. The molecule has 2 rings (SSSR count). The fourth-order valence-corrected chi connectivity index (χ4v) is 4.21. The van der Waals surface area contributed by atoms with Crippen LogP contribution in [-0.4, -0.2) is 23.0 Å². The highest BCUT2D eigenvalue weighted by Crippen LogP contribution is 2.30. The van der Waals surface area contributed by atoms with Crippen LogP contribution in [0, 0.1) is 0 Å². The summed E-state index contributed by atoms with van der Waals surface area (Å²) in [5.41, 5.74) is 6.99. The van der Waals surface area contributed by atoms with E-state index in [-0.39, 0.29) is 11.9 Å². The first-order valence-corrected chi connectivity index (χ1v) is 8.43. The van der Waals surface area contributed by atoms with Gasteiger partial charge < -0.3 is 11.1 Å². The van der Waals surface area contributed by atoms with Crippen molar-refractivity contribution >= 4 is 39.3 Å². The zero-order valence-corrected chi connectivity index (χ0v) is 13.4. The van der Waals surface area contributed by atoms with Crippen molar-refractivity contribution in [2.75, 3.05) is 11.5 Å². The third kappa shape index (κ3) is 3.89. The minimum Gasteiger partial charge on any atom is -0.399 e. The third-order valence-electron chi connectivity index (χ3n) is 3.33. The van der Waals surface area contributed by atoms with Crippen molar-refractivity contribution < 1.29 is 4.79 Å². The van der Waals surface area contributed by atoms with Crippen LogP contribution in [0.5, 0.6) is 0 Å². The van der Waals surface area contributed by atoms with Crippen molar-refractivity contribution in [3.8, 4) is 0 Å². The Kier molecular flexibility index (Phi) is 5.16. The van der Waals surface area contributed by atoms with Crippen molar-refractivity contribution in [2.45, 2.75) is 37.5 Å². The van der Waals surface area contributed by atoms with Gasteiger partial charge in [0.2, 0.25) is 0 Å². The Morgan fingerprint density at radius 3 is 2.95 bits per heavy atom. The number of hydrogen-bond donors (Lipinski definition) is 2. The molecule has 104 valence electrons. The number of hydrogen-bond acceptors (Lipinski definition) is 3. The molecule has 19 heavy (non-hydrogen) atoms. The number of halogens is 1. The Labute approximate surface area is 126 Å². The normalized spacial score (nSPS) is 22.4. The van der Waals surface area contributed by atoms with Gasteiger partial charge in [-0.2, -0.15) is 11.8 Å². The highest BCUT2D eigenvalue weighted by atomic mass is 79.9. The molecule has 0 heterocycles. The van der Waals surface area contributed by atoms with E-state index < -0.39 is 0 Å². The van der Waals surface area contributed by atoms with E-state index in [0.29, 0.717) is 16.5 Å². The second-order valence-electron chi connectivity index (χ2n) is 4.78. The standard InChI is InChI=1S/C14H19BrN2OS/c1-2-19-13-5-3-4-12(13)17-14(18)9-6-10(15)8-11(16)7-9/h6-8,12-13H,2-5,16H2,1H3,(H,17,18). The van der Waals surface area contributed by atoms with E-state index >= 15 is 0 Å². The van der Waals surface area contributed by atoms with Gasteiger partial charge in [0.25, 0.3) is 5.91 Å². The SMILES string of the molecule is CCSC1CCCC1NC(=O)c1cc(N)cc(Br)c1. The molecular weight excluding hydrogens is 324 g/mol. The van der Waals surface area contributed by atoms with E-state index in [4.69, 9.17) is 5.73 Å². The number of nitrogen functional groups attached to an aromatic ring is 1. The molecule has 5 heteroatoms. The predicted molar refractivity (Wildman–Crippen MR) is 85.6 cm³/mol. The lowest BCUT2D eigenvalue weighted by Crippen LogP contribution is -2.38. The molecule has 0 aliphatic heterocycles. The highest BCUT2D eigenvalue weighted by molar-refractivity contribution is 9.10. The number of thioether (sulfide) groups is 1. The summed E-state index contributed by atoms with van der Waals surface area (Å²) in [7, 11) is 0. The van der Waals surface area contributed by atoms with Gasteiger partial charge in [-0.3, -0.25) is 4.79 Å². The van der Waals surface area contributed by atoms with Crippen LogP contribution < -0.4 is 11.1 Å². The van der Waals surface area contributed by atoms with Gasteiger partial charge in [-0.1, -0.05) is 29.3 Å². The molecule has 2 unspecified atom stereocenters. The number of nitrogens with two attached hydrogens (primary N) is 1. The topological polar surface area (TPSA) is 55.1 Å². The lowest BCUT2D eigenvalue weighted by Gasteiger charge is -2.20. The first-order valence-electron chi connectivity index (χ1n) is 6.58. The molecule has 1 aliphatic rings. The average Bonchev–Trinajstić information content (AvgIpc) is 2.76. The third-order valence-corrected chi connectivity index (χ3v) is 5.12. The van der Waals surface area contributed by atoms with E-state index in [0.717, 1.165) is 16.6 Å². The van der Waals surface area contributed by atoms with Gasteiger partial charge in [0.1, 0.15) is 0 Å². The van der Waals surface area contributed by atoms with Crippen LogP contribution in [0.4, 0.5) is 5.69 Å². The molecule has 0 saturated heterocycles. The lowest BCUT2D eigenvalue weighted by molar-refractivity contribution is 0.0938. The Morgan fingerprint density at radius 2 is 2.26 bits per heavy atom. The van der Waals surface area contributed by atoms with Gasteiger partial charge in [0, 0.05) is 27.0 Å². The van der Waals surface area contributed by atoms with E-state index in [2.05, 4.69) is 28.2 Å². The number of anilines is 1. The second kappa shape index (κ2) is 6.66. The van der Waals surface area contributed by atoms with Crippen LogP contribution in [0.3, 0.4) is 0 Å². The maximum absolute atomic E-state index is 12.3. The number of amides is 1. The van der Waals surface area contributed by atoms with Crippen LogP contribution in [0.1, 0.15) is 36.5 Å². The van der Waals surface area contributed by atoms with E-state index in [1.807, 2.05) is 17.8 Å². The first kappa shape index (κ1) is 14.7. The number of carbonyl (C=O) groups excluding carboxylic acids is 1. The van der Waals surface area contributed by atoms with Crippen molar-refractivity contribution in [3.05, 3.63) is 28.2 Å². The van der Waals surface area contributed by atoms with E-state index in [9.17, 15) is 4.79 Å². The zero-order valence-electron chi connectivity index (χ0n) is 11.0. The maximum atomic E-state index is 12.3. The van der Waals surface area contributed by atoms with Gasteiger partial charge in [-0.05, 0) is 36.8 Å². The predicted octanol–water partition coefficient (Wildman–Crippen LogP) is 3.44. The summed E-state index contributed by atoms with van der Waals surface area (Å²) in [5.74, 6) is 1.07. The molecule has 1 saturated carbocycles. The molecule has 3 N–H and O–H groups in total. The minimum absolute atomic E-state index is 0.0263. The van der Waals surface area contributed by atoms with Crippen LogP contribution in [0.15, 0.2) is 22.7 Å². The van der Waals surface area contributed by atoms with E-state index in [1.54, 1.807) is 12.1 Å². The number of benzene rings is 1. The molecule has 2 atom stereocenters. The van der Waals surface area contributed by atoms with Crippen LogP contribution in [-0.2, 0) is 0 Å². The molecule has 1 amide bonds. The molecule has 1 aromatic carbocycles. The second-order valence-corrected chi connectivity index (χ2v) is 7.21. The molecule has 1 aliphatic carbocycles. The molecular formula is C14H19BrN2OS. The highest BCUT2D eigenvalue weighted by Gasteiger charge is 2.28. The molecule has 3 nitrogen and oxygen atoms in total. The summed E-state index contributed by atoms with van der Waals surface area (Å²) >= 11 is 5.31. The monoisotopic (exact) mass is 342 g/mol. The van der Waals surface area contributed by atoms with Crippen molar-refractivity contribution in [1.29, 1.82) is 0 Å². The van der Waals surface area contributed by atoms with Gasteiger partial charge >= 0.3 is 0 Å². The van der Waals surface area contributed by atoms with Crippen LogP contribution in [0.2, 0.25) is 0 Å². The molecule has 1 fully saturated rings. The smallest absolute Gasteiger partial charge is 0.251 e.